The van der Waals surface area contributed by atoms with E-state index in [2.05, 4.69) is 217 Å². The van der Waals surface area contributed by atoms with Crippen LogP contribution in [-0.2, 0) is 25.7 Å². The van der Waals surface area contributed by atoms with Crippen LogP contribution in [0.1, 0.15) is 27.8 Å². The topological polar surface area (TPSA) is 6.48 Å². The molecule has 0 fully saturated rings. The van der Waals surface area contributed by atoms with Gasteiger partial charge in [0.05, 0.1) is 0 Å². The fourth-order valence-electron chi connectivity index (χ4n) is 10.5. The Morgan fingerprint density at radius 2 is 0.705 bits per heavy atom. The second kappa shape index (κ2) is 14.4. The standard InChI is InChI=1S/C59H44N2/c1-39-15-2-8-22-47(39)58-50-35-33-46(61-56-27-12-6-19-43(56)31-32-44-20-7-13-28-57(44)61)38-53(50)59(49-24-14-21-40-16-3-9-23-48(40)49)51-36-34-45(37-52(51)58)60-54-25-10-4-17-41(54)29-30-42-18-5-11-26-55(42)60/h2-28,33-38H,29-32H2,1H3. The molecule has 290 valence electrons. The number of hydrogen-bond donors (Lipinski definition) is 0. The number of hydrogen-bond acceptors (Lipinski definition) is 2. The van der Waals surface area contributed by atoms with Gasteiger partial charge in [-0.3, -0.25) is 0 Å². The Hall–Kier alpha value is -7.42. The van der Waals surface area contributed by atoms with E-state index in [1.54, 1.807) is 0 Å². The van der Waals surface area contributed by atoms with E-state index in [9.17, 15) is 0 Å². The molecule has 0 unspecified atom stereocenters. The lowest BCUT2D eigenvalue weighted by atomic mass is 9.83. The Balaban J connectivity index is 1.22. The maximum Gasteiger partial charge on any atom is 0.0493 e. The zero-order valence-corrected chi connectivity index (χ0v) is 34.3. The molecule has 10 aromatic rings. The molecule has 2 heteroatoms. The van der Waals surface area contributed by atoms with Gasteiger partial charge in [0.15, 0.2) is 0 Å². The van der Waals surface area contributed by atoms with Crippen LogP contribution in [-0.4, -0.2) is 0 Å². The highest BCUT2D eigenvalue weighted by atomic mass is 15.2. The fraction of sp³-hybridized carbons (Fsp3) is 0.0847. The van der Waals surface area contributed by atoms with Crippen molar-refractivity contribution in [2.75, 3.05) is 9.80 Å². The predicted octanol–water partition coefficient (Wildman–Crippen LogP) is 15.9. The van der Waals surface area contributed by atoms with Crippen LogP contribution in [0.15, 0.2) is 200 Å². The SMILES string of the molecule is Cc1ccccc1-c1c2cc(N3c4ccccc4CCc4ccccc43)ccc2c(-c2cccc3ccccc23)c2cc(N3c4ccccc4CCc4ccccc43)ccc12. The molecule has 0 atom stereocenters. The summed E-state index contributed by atoms with van der Waals surface area (Å²) in [6.07, 6.45) is 4.04. The molecule has 0 bridgehead atoms. The van der Waals surface area contributed by atoms with Gasteiger partial charge < -0.3 is 9.80 Å². The Morgan fingerprint density at radius 1 is 0.311 bits per heavy atom. The lowest BCUT2D eigenvalue weighted by Crippen LogP contribution is -2.12. The van der Waals surface area contributed by atoms with Crippen molar-refractivity contribution in [2.45, 2.75) is 32.6 Å². The first kappa shape index (κ1) is 35.5. The van der Waals surface area contributed by atoms with Crippen LogP contribution in [0.25, 0.3) is 54.6 Å². The molecule has 0 amide bonds. The maximum atomic E-state index is 2.51. The normalized spacial score (nSPS) is 13.3. The predicted molar refractivity (Wildman–Crippen MR) is 259 cm³/mol. The van der Waals surface area contributed by atoms with Crippen molar-refractivity contribution in [3.8, 4) is 22.3 Å². The number of rotatable bonds is 4. The van der Waals surface area contributed by atoms with E-state index >= 15 is 0 Å². The molecule has 2 heterocycles. The smallest absolute Gasteiger partial charge is 0.0493 e. The van der Waals surface area contributed by atoms with Gasteiger partial charge in [0.2, 0.25) is 0 Å². The van der Waals surface area contributed by atoms with Gasteiger partial charge in [0.1, 0.15) is 0 Å². The van der Waals surface area contributed by atoms with E-state index in [1.165, 1.54) is 117 Å². The molecule has 0 aliphatic carbocycles. The van der Waals surface area contributed by atoms with E-state index in [0.717, 1.165) is 25.7 Å². The van der Waals surface area contributed by atoms with Crippen molar-refractivity contribution in [1.29, 1.82) is 0 Å². The van der Waals surface area contributed by atoms with Crippen LogP contribution in [0, 0.1) is 6.92 Å². The van der Waals surface area contributed by atoms with Crippen LogP contribution >= 0.6 is 0 Å². The average molecular weight is 781 g/mol. The van der Waals surface area contributed by atoms with E-state index in [1.807, 2.05) is 0 Å². The minimum absolute atomic E-state index is 1.01. The van der Waals surface area contributed by atoms with Gasteiger partial charge in [-0.05, 0) is 164 Å². The molecule has 2 nitrogen and oxygen atoms in total. The van der Waals surface area contributed by atoms with Crippen molar-refractivity contribution < 1.29 is 0 Å². The molecule has 12 rings (SSSR count). The summed E-state index contributed by atoms with van der Waals surface area (Å²) in [6, 6.07) is 75.1. The lowest BCUT2D eigenvalue weighted by Gasteiger charge is -2.29. The highest BCUT2D eigenvalue weighted by Gasteiger charge is 2.27. The average Bonchev–Trinajstić information content (AvgIpc) is 3.59. The third kappa shape index (κ3) is 5.78. The summed E-state index contributed by atoms with van der Waals surface area (Å²) in [5.41, 5.74) is 19.1. The van der Waals surface area contributed by atoms with Gasteiger partial charge in [-0.2, -0.15) is 0 Å². The molecule has 2 aliphatic rings. The van der Waals surface area contributed by atoms with E-state index in [4.69, 9.17) is 0 Å². The van der Waals surface area contributed by atoms with Crippen molar-refractivity contribution in [2.24, 2.45) is 0 Å². The monoisotopic (exact) mass is 780 g/mol. The van der Waals surface area contributed by atoms with E-state index < -0.39 is 0 Å². The Bertz CT molecular complexity index is 3260. The molecule has 0 saturated heterocycles. The molecular weight excluding hydrogens is 737 g/mol. The number of fused-ring (bicyclic) bond motifs is 7. The zero-order chi connectivity index (χ0) is 40.4. The summed E-state index contributed by atoms with van der Waals surface area (Å²) in [4.78, 5) is 5.02. The summed E-state index contributed by atoms with van der Waals surface area (Å²) in [7, 11) is 0. The molecule has 61 heavy (non-hydrogen) atoms. The van der Waals surface area contributed by atoms with Crippen molar-refractivity contribution >= 4 is 66.4 Å². The second-order valence-corrected chi connectivity index (χ2v) is 16.7. The number of anilines is 6. The van der Waals surface area contributed by atoms with Crippen LogP contribution in [0.4, 0.5) is 34.1 Å². The second-order valence-electron chi connectivity index (χ2n) is 16.7. The van der Waals surface area contributed by atoms with Crippen molar-refractivity contribution in [3.63, 3.8) is 0 Å². The molecular formula is C59H44N2. The van der Waals surface area contributed by atoms with Crippen molar-refractivity contribution in [3.05, 3.63) is 228 Å². The number of para-hydroxylation sites is 4. The molecule has 0 radical (unpaired) electrons. The highest BCUT2D eigenvalue weighted by Crippen LogP contribution is 2.51. The molecule has 0 saturated carbocycles. The Labute approximate surface area is 357 Å². The summed E-state index contributed by atoms with van der Waals surface area (Å²) < 4.78 is 0. The van der Waals surface area contributed by atoms with Crippen LogP contribution in [0.2, 0.25) is 0 Å². The van der Waals surface area contributed by atoms with E-state index in [0.29, 0.717) is 0 Å². The molecule has 0 aromatic heterocycles. The Kier molecular flexibility index (Phi) is 8.38. The van der Waals surface area contributed by atoms with Gasteiger partial charge in [0, 0.05) is 34.1 Å². The number of aryl methyl sites for hydroxylation is 5. The zero-order valence-electron chi connectivity index (χ0n) is 34.3. The van der Waals surface area contributed by atoms with Crippen LogP contribution < -0.4 is 9.80 Å². The summed E-state index contributed by atoms with van der Waals surface area (Å²) in [5.74, 6) is 0. The summed E-state index contributed by atoms with van der Waals surface area (Å²) in [6.45, 7) is 2.26. The summed E-state index contributed by atoms with van der Waals surface area (Å²) in [5, 5.41) is 7.49. The van der Waals surface area contributed by atoms with Gasteiger partial charge in [0.25, 0.3) is 0 Å². The van der Waals surface area contributed by atoms with Gasteiger partial charge in [-0.1, -0.05) is 152 Å². The third-order valence-corrected chi connectivity index (χ3v) is 13.3. The largest absolute Gasteiger partial charge is 0.310 e. The molecule has 2 aliphatic heterocycles. The van der Waals surface area contributed by atoms with Crippen LogP contribution in [0.5, 0.6) is 0 Å². The number of nitrogens with zero attached hydrogens (tertiary/aromatic N) is 2. The molecule has 0 N–H and O–H groups in total. The Morgan fingerprint density at radius 3 is 1.21 bits per heavy atom. The maximum absolute atomic E-state index is 2.51. The van der Waals surface area contributed by atoms with Gasteiger partial charge in [-0.15, -0.1) is 0 Å². The first-order valence-electron chi connectivity index (χ1n) is 21.7. The molecule has 10 aromatic carbocycles. The highest BCUT2D eigenvalue weighted by molar-refractivity contribution is 6.25. The summed E-state index contributed by atoms with van der Waals surface area (Å²) >= 11 is 0. The van der Waals surface area contributed by atoms with Crippen LogP contribution in [0.3, 0.4) is 0 Å². The third-order valence-electron chi connectivity index (χ3n) is 13.3. The fourth-order valence-corrected chi connectivity index (χ4v) is 10.5. The van der Waals surface area contributed by atoms with E-state index in [-0.39, 0.29) is 0 Å². The van der Waals surface area contributed by atoms with Gasteiger partial charge >= 0.3 is 0 Å². The minimum Gasteiger partial charge on any atom is -0.310 e. The first-order valence-corrected chi connectivity index (χ1v) is 21.7. The minimum atomic E-state index is 1.01. The quantitative estimate of drug-likeness (QED) is 0.164. The van der Waals surface area contributed by atoms with Gasteiger partial charge in [-0.25, -0.2) is 0 Å². The van der Waals surface area contributed by atoms with Crippen molar-refractivity contribution in [1.82, 2.24) is 0 Å². The first-order chi connectivity index (χ1) is 30.2. The number of benzene rings is 10. The molecule has 0 spiro atoms. The lowest BCUT2D eigenvalue weighted by molar-refractivity contribution is 0.977.